The SMILES string of the molecule is c1ccc(Oc2c(-c3ccccn3)[nH]c3ccccc23)nc1. The zero-order valence-electron chi connectivity index (χ0n) is 11.7. The van der Waals surface area contributed by atoms with Crippen LogP contribution in [0.15, 0.2) is 73.1 Å². The third-order valence-electron chi connectivity index (χ3n) is 3.42. The number of fused-ring (bicyclic) bond motifs is 1. The minimum Gasteiger partial charge on any atom is -0.436 e. The number of aromatic amines is 1. The summed E-state index contributed by atoms with van der Waals surface area (Å²) in [5, 5.41) is 1.01. The number of nitrogens with zero attached hydrogens (tertiary/aromatic N) is 2. The van der Waals surface area contributed by atoms with E-state index in [0.29, 0.717) is 5.88 Å². The number of para-hydroxylation sites is 1. The molecule has 0 radical (unpaired) electrons. The summed E-state index contributed by atoms with van der Waals surface area (Å²) in [7, 11) is 0. The van der Waals surface area contributed by atoms with Gasteiger partial charge in [0.2, 0.25) is 5.88 Å². The number of ether oxygens (including phenoxy) is 1. The summed E-state index contributed by atoms with van der Waals surface area (Å²) in [6.07, 6.45) is 3.48. The molecule has 3 aromatic heterocycles. The minimum absolute atomic E-state index is 0.560. The number of rotatable bonds is 3. The van der Waals surface area contributed by atoms with Gasteiger partial charge in [-0.1, -0.05) is 24.3 Å². The van der Waals surface area contributed by atoms with E-state index in [1.54, 1.807) is 12.4 Å². The highest BCUT2D eigenvalue weighted by Gasteiger charge is 2.16. The molecule has 3 heterocycles. The molecule has 4 aromatic rings. The van der Waals surface area contributed by atoms with E-state index in [-0.39, 0.29) is 0 Å². The van der Waals surface area contributed by atoms with Gasteiger partial charge in [0.05, 0.1) is 5.69 Å². The molecule has 4 rings (SSSR count). The predicted octanol–water partition coefficient (Wildman–Crippen LogP) is 4.42. The van der Waals surface area contributed by atoms with Crippen molar-refractivity contribution in [3.05, 3.63) is 73.1 Å². The van der Waals surface area contributed by atoms with E-state index < -0.39 is 0 Å². The quantitative estimate of drug-likeness (QED) is 0.607. The Labute approximate surface area is 127 Å². The molecule has 0 fully saturated rings. The number of benzene rings is 1. The highest BCUT2D eigenvalue weighted by molar-refractivity contribution is 5.93. The van der Waals surface area contributed by atoms with Crippen LogP contribution in [0.4, 0.5) is 0 Å². The van der Waals surface area contributed by atoms with Gasteiger partial charge in [0.15, 0.2) is 5.75 Å². The van der Waals surface area contributed by atoms with Crippen LogP contribution in [0.25, 0.3) is 22.3 Å². The molecule has 0 saturated heterocycles. The van der Waals surface area contributed by atoms with Crippen LogP contribution >= 0.6 is 0 Å². The van der Waals surface area contributed by atoms with E-state index in [2.05, 4.69) is 15.0 Å². The lowest BCUT2D eigenvalue weighted by atomic mass is 10.2. The third-order valence-corrected chi connectivity index (χ3v) is 3.42. The first-order valence-corrected chi connectivity index (χ1v) is 7.03. The maximum absolute atomic E-state index is 6.03. The van der Waals surface area contributed by atoms with Crippen LogP contribution in [0.1, 0.15) is 0 Å². The molecule has 0 bridgehead atoms. The van der Waals surface area contributed by atoms with E-state index in [0.717, 1.165) is 28.0 Å². The van der Waals surface area contributed by atoms with Gasteiger partial charge in [-0.05, 0) is 30.3 Å². The molecular weight excluding hydrogens is 274 g/mol. The molecule has 4 nitrogen and oxygen atoms in total. The Morgan fingerprint density at radius 3 is 2.32 bits per heavy atom. The number of hydrogen-bond donors (Lipinski definition) is 1. The van der Waals surface area contributed by atoms with Gasteiger partial charge in [-0.2, -0.15) is 0 Å². The maximum atomic E-state index is 6.03. The molecule has 0 atom stereocenters. The second-order valence-electron chi connectivity index (χ2n) is 4.86. The first-order valence-electron chi connectivity index (χ1n) is 7.03. The van der Waals surface area contributed by atoms with Crippen LogP contribution in [-0.4, -0.2) is 15.0 Å². The van der Waals surface area contributed by atoms with E-state index in [1.807, 2.05) is 60.7 Å². The van der Waals surface area contributed by atoms with Crippen LogP contribution in [-0.2, 0) is 0 Å². The molecule has 1 aromatic carbocycles. The maximum Gasteiger partial charge on any atom is 0.219 e. The van der Waals surface area contributed by atoms with Crippen LogP contribution in [0.3, 0.4) is 0 Å². The summed E-state index contributed by atoms with van der Waals surface area (Å²) < 4.78 is 6.03. The van der Waals surface area contributed by atoms with Crippen molar-refractivity contribution >= 4 is 10.9 Å². The molecule has 0 spiro atoms. The highest BCUT2D eigenvalue weighted by Crippen LogP contribution is 2.38. The standard InChI is InChI=1S/C18H13N3O/c1-2-8-14-13(7-1)18(22-16-10-4-6-12-20-16)17(21-14)15-9-3-5-11-19-15/h1-12,21H. The Bertz CT molecular complexity index is 901. The summed E-state index contributed by atoms with van der Waals surface area (Å²) in [4.78, 5) is 12.0. The van der Waals surface area contributed by atoms with Crippen LogP contribution in [0, 0.1) is 0 Å². The number of aromatic nitrogens is 3. The topological polar surface area (TPSA) is 50.8 Å². The number of hydrogen-bond acceptors (Lipinski definition) is 3. The van der Waals surface area contributed by atoms with Gasteiger partial charge in [0.25, 0.3) is 0 Å². The third kappa shape index (κ3) is 2.20. The second kappa shape index (κ2) is 5.33. The van der Waals surface area contributed by atoms with Gasteiger partial charge in [-0.25, -0.2) is 4.98 Å². The molecular formula is C18H13N3O. The summed E-state index contributed by atoms with van der Waals surface area (Å²) in [5.74, 6) is 1.30. The van der Waals surface area contributed by atoms with Crippen LogP contribution in [0.5, 0.6) is 11.6 Å². The fourth-order valence-electron chi connectivity index (χ4n) is 2.43. The Hall–Kier alpha value is -3.14. The highest BCUT2D eigenvalue weighted by atomic mass is 16.5. The molecule has 0 saturated carbocycles. The van der Waals surface area contributed by atoms with Gasteiger partial charge >= 0.3 is 0 Å². The minimum atomic E-state index is 0.560. The smallest absolute Gasteiger partial charge is 0.219 e. The summed E-state index contributed by atoms with van der Waals surface area (Å²) >= 11 is 0. The number of H-pyrrole nitrogens is 1. The number of nitrogens with one attached hydrogen (secondary N) is 1. The number of pyridine rings is 2. The Morgan fingerprint density at radius 2 is 1.55 bits per heavy atom. The van der Waals surface area contributed by atoms with Crippen molar-refractivity contribution < 1.29 is 4.74 Å². The zero-order chi connectivity index (χ0) is 14.8. The average molecular weight is 287 g/mol. The van der Waals surface area contributed by atoms with Crippen molar-refractivity contribution in [1.29, 1.82) is 0 Å². The van der Waals surface area contributed by atoms with Crippen molar-refractivity contribution in [3.63, 3.8) is 0 Å². The molecule has 0 amide bonds. The van der Waals surface area contributed by atoms with Crippen LogP contribution in [0.2, 0.25) is 0 Å². The Balaban J connectivity index is 1.91. The lowest BCUT2D eigenvalue weighted by Crippen LogP contribution is -1.89. The monoisotopic (exact) mass is 287 g/mol. The van der Waals surface area contributed by atoms with E-state index in [4.69, 9.17) is 4.74 Å². The molecule has 0 unspecified atom stereocenters. The summed E-state index contributed by atoms with van der Waals surface area (Å²) in [5.41, 5.74) is 2.70. The molecule has 22 heavy (non-hydrogen) atoms. The van der Waals surface area contributed by atoms with Crippen molar-refractivity contribution in [1.82, 2.24) is 15.0 Å². The Kier molecular flexibility index (Phi) is 3.05. The molecule has 0 aliphatic carbocycles. The van der Waals surface area contributed by atoms with Crippen molar-refractivity contribution in [2.75, 3.05) is 0 Å². The zero-order valence-corrected chi connectivity index (χ0v) is 11.7. The molecule has 106 valence electrons. The van der Waals surface area contributed by atoms with E-state index in [9.17, 15) is 0 Å². The first-order chi connectivity index (χ1) is 10.9. The van der Waals surface area contributed by atoms with Crippen LogP contribution < -0.4 is 4.74 Å². The molecule has 0 aliphatic heterocycles. The lowest BCUT2D eigenvalue weighted by molar-refractivity contribution is 0.470. The second-order valence-corrected chi connectivity index (χ2v) is 4.86. The van der Waals surface area contributed by atoms with Gasteiger partial charge in [0, 0.05) is 29.4 Å². The van der Waals surface area contributed by atoms with Crippen molar-refractivity contribution in [2.24, 2.45) is 0 Å². The normalized spacial score (nSPS) is 10.7. The largest absolute Gasteiger partial charge is 0.436 e. The lowest BCUT2D eigenvalue weighted by Gasteiger charge is -2.06. The predicted molar refractivity (Wildman–Crippen MR) is 85.8 cm³/mol. The molecule has 1 N–H and O–H groups in total. The van der Waals surface area contributed by atoms with E-state index >= 15 is 0 Å². The first kappa shape index (κ1) is 12.6. The van der Waals surface area contributed by atoms with Gasteiger partial charge < -0.3 is 9.72 Å². The van der Waals surface area contributed by atoms with Crippen molar-refractivity contribution in [2.45, 2.75) is 0 Å². The van der Waals surface area contributed by atoms with Gasteiger partial charge in [-0.15, -0.1) is 0 Å². The van der Waals surface area contributed by atoms with Gasteiger partial charge in [0.1, 0.15) is 5.69 Å². The average Bonchev–Trinajstić information content (AvgIpc) is 2.95. The summed E-state index contributed by atoms with van der Waals surface area (Å²) in [6, 6.07) is 19.4. The van der Waals surface area contributed by atoms with Crippen molar-refractivity contribution in [3.8, 4) is 23.0 Å². The fourth-order valence-corrected chi connectivity index (χ4v) is 2.43. The Morgan fingerprint density at radius 1 is 0.773 bits per heavy atom. The molecule has 0 aliphatic rings. The van der Waals surface area contributed by atoms with Gasteiger partial charge in [-0.3, -0.25) is 4.98 Å². The molecule has 4 heteroatoms. The van der Waals surface area contributed by atoms with E-state index in [1.165, 1.54) is 0 Å². The fraction of sp³-hybridized carbons (Fsp3) is 0. The summed E-state index contributed by atoms with van der Waals surface area (Å²) in [6.45, 7) is 0.